The second kappa shape index (κ2) is 6.65. The Morgan fingerprint density at radius 1 is 1.39 bits per heavy atom. The number of hydrogen-bond acceptors (Lipinski definition) is 3. The van der Waals surface area contributed by atoms with Crippen molar-refractivity contribution < 1.29 is 4.74 Å². The Labute approximate surface area is 109 Å². The summed E-state index contributed by atoms with van der Waals surface area (Å²) < 4.78 is 5.35. The van der Waals surface area contributed by atoms with Crippen LogP contribution in [0.3, 0.4) is 0 Å². The summed E-state index contributed by atoms with van der Waals surface area (Å²) >= 11 is 0. The van der Waals surface area contributed by atoms with Crippen LogP contribution in [0, 0.1) is 25.2 Å². The molecule has 0 aromatic heterocycles. The van der Waals surface area contributed by atoms with Gasteiger partial charge in [-0.25, -0.2) is 4.99 Å². The molecule has 0 N–H and O–H groups in total. The van der Waals surface area contributed by atoms with E-state index in [-0.39, 0.29) is 6.61 Å². The van der Waals surface area contributed by atoms with Gasteiger partial charge in [0.05, 0.1) is 12.0 Å². The number of ether oxygens (including phenoxy) is 1. The molecule has 0 saturated carbocycles. The second-order valence-corrected chi connectivity index (χ2v) is 4.17. The topological polar surface area (TPSA) is 48.6 Å². The van der Waals surface area contributed by atoms with Crippen molar-refractivity contribution in [2.24, 2.45) is 4.99 Å². The third-order valence-electron chi connectivity index (χ3n) is 2.68. The molecule has 0 saturated heterocycles. The number of aliphatic imine (C=N–C) groups is 1. The van der Waals surface area contributed by atoms with Crippen molar-refractivity contribution in [3.63, 3.8) is 0 Å². The number of benzene rings is 1. The molecule has 0 spiro atoms. The fourth-order valence-corrected chi connectivity index (χ4v) is 1.42. The number of rotatable bonds is 5. The molecule has 0 amide bonds. The maximum atomic E-state index is 8.51. The van der Waals surface area contributed by atoms with Gasteiger partial charge in [-0.2, -0.15) is 5.26 Å². The SMILES string of the molecule is CCN(C)C=Nc1cc(C)c(OCC#N)cc1C. The van der Waals surface area contributed by atoms with Gasteiger partial charge in [-0.05, 0) is 44.0 Å². The maximum Gasteiger partial charge on any atom is 0.174 e. The Bertz CT molecular complexity index is 475. The van der Waals surface area contributed by atoms with Gasteiger partial charge in [0.15, 0.2) is 6.61 Å². The summed E-state index contributed by atoms with van der Waals surface area (Å²) in [6.45, 7) is 7.00. The number of nitriles is 1. The van der Waals surface area contributed by atoms with Crippen LogP contribution < -0.4 is 4.74 Å². The van der Waals surface area contributed by atoms with Gasteiger partial charge in [0.25, 0.3) is 0 Å². The first-order valence-corrected chi connectivity index (χ1v) is 5.94. The highest BCUT2D eigenvalue weighted by Gasteiger charge is 2.04. The number of hydrogen-bond donors (Lipinski definition) is 0. The van der Waals surface area contributed by atoms with Crippen molar-refractivity contribution >= 4 is 12.0 Å². The first kappa shape index (κ1) is 14.0. The van der Waals surface area contributed by atoms with Crippen LogP contribution >= 0.6 is 0 Å². The lowest BCUT2D eigenvalue weighted by Gasteiger charge is -2.11. The summed E-state index contributed by atoms with van der Waals surface area (Å²) in [5.41, 5.74) is 2.95. The molecule has 0 unspecified atom stereocenters. The number of nitrogens with zero attached hydrogens (tertiary/aromatic N) is 3. The Morgan fingerprint density at radius 3 is 2.72 bits per heavy atom. The molecule has 0 fully saturated rings. The van der Waals surface area contributed by atoms with E-state index in [0.29, 0.717) is 0 Å². The Hall–Kier alpha value is -2.02. The van der Waals surface area contributed by atoms with Crippen LogP contribution in [0.5, 0.6) is 5.75 Å². The first-order chi connectivity index (χ1) is 8.58. The average Bonchev–Trinajstić information content (AvgIpc) is 2.37. The summed E-state index contributed by atoms with van der Waals surface area (Å²) in [4.78, 5) is 6.45. The molecule has 1 rings (SSSR count). The zero-order chi connectivity index (χ0) is 13.5. The molecule has 0 atom stereocenters. The molecule has 4 nitrogen and oxygen atoms in total. The zero-order valence-electron chi connectivity index (χ0n) is 11.4. The van der Waals surface area contributed by atoms with E-state index in [4.69, 9.17) is 10.00 Å². The molecule has 96 valence electrons. The maximum absolute atomic E-state index is 8.51. The second-order valence-electron chi connectivity index (χ2n) is 4.17. The largest absolute Gasteiger partial charge is 0.478 e. The predicted molar refractivity (Wildman–Crippen MR) is 73.5 cm³/mol. The molecule has 1 aromatic carbocycles. The van der Waals surface area contributed by atoms with E-state index >= 15 is 0 Å². The predicted octanol–water partition coefficient (Wildman–Crippen LogP) is 2.82. The molecule has 0 aliphatic carbocycles. The van der Waals surface area contributed by atoms with Gasteiger partial charge in [0.2, 0.25) is 0 Å². The summed E-state index contributed by atoms with van der Waals surface area (Å²) in [5.74, 6) is 0.747. The van der Waals surface area contributed by atoms with E-state index in [9.17, 15) is 0 Å². The van der Waals surface area contributed by atoms with Gasteiger partial charge in [-0.3, -0.25) is 0 Å². The molecule has 18 heavy (non-hydrogen) atoms. The van der Waals surface area contributed by atoms with Crippen molar-refractivity contribution in [1.82, 2.24) is 4.90 Å². The van der Waals surface area contributed by atoms with Gasteiger partial charge in [0.1, 0.15) is 11.8 Å². The summed E-state index contributed by atoms with van der Waals surface area (Å²) in [6.07, 6.45) is 1.82. The Balaban J connectivity index is 2.93. The highest BCUT2D eigenvalue weighted by atomic mass is 16.5. The lowest BCUT2D eigenvalue weighted by molar-refractivity contribution is 0.365. The van der Waals surface area contributed by atoms with Crippen LogP contribution in [-0.2, 0) is 0 Å². The fourth-order valence-electron chi connectivity index (χ4n) is 1.42. The molecule has 0 aliphatic heterocycles. The first-order valence-electron chi connectivity index (χ1n) is 5.94. The Morgan fingerprint density at radius 2 is 2.11 bits per heavy atom. The highest BCUT2D eigenvalue weighted by molar-refractivity contribution is 5.64. The quantitative estimate of drug-likeness (QED) is 0.592. The van der Waals surface area contributed by atoms with Crippen LogP contribution in [0.2, 0.25) is 0 Å². The smallest absolute Gasteiger partial charge is 0.174 e. The summed E-state index contributed by atoms with van der Waals surface area (Å²) in [7, 11) is 1.98. The minimum absolute atomic E-state index is 0.0709. The van der Waals surface area contributed by atoms with Crippen LogP contribution in [0.15, 0.2) is 17.1 Å². The molecular weight excluding hydrogens is 226 g/mol. The normalized spacial score (nSPS) is 10.4. The van der Waals surface area contributed by atoms with Gasteiger partial charge in [-0.15, -0.1) is 0 Å². The fraction of sp³-hybridized carbons (Fsp3) is 0.429. The minimum Gasteiger partial charge on any atom is -0.478 e. The molecule has 0 heterocycles. The van der Waals surface area contributed by atoms with Crippen LogP contribution in [0.1, 0.15) is 18.1 Å². The zero-order valence-corrected chi connectivity index (χ0v) is 11.4. The lowest BCUT2D eigenvalue weighted by Crippen LogP contribution is -2.14. The van der Waals surface area contributed by atoms with Gasteiger partial charge in [-0.1, -0.05) is 0 Å². The van der Waals surface area contributed by atoms with Crippen LogP contribution in [0.4, 0.5) is 5.69 Å². The van der Waals surface area contributed by atoms with Crippen molar-refractivity contribution in [3.05, 3.63) is 23.3 Å². The Kier molecular flexibility index (Phi) is 5.19. The van der Waals surface area contributed by atoms with Crippen molar-refractivity contribution in [2.45, 2.75) is 20.8 Å². The molecule has 1 aromatic rings. The highest BCUT2D eigenvalue weighted by Crippen LogP contribution is 2.27. The van der Waals surface area contributed by atoms with Gasteiger partial charge >= 0.3 is 0 Å². The van der Waals surface area contributed by atoms with E-state index in [2.05, 4.69) is 11.9 Å². The molecule has 0 radical (unpaired) electrons. The number of aryl methyl sites for hydroxylation is 2. The van der Waals surface area contributed by atoms with Crippen molar-refractivity contribution in [2.75, 3.05) is 20.2 Å². The van der Waals surface area contributed by atoms with E-state index in [1.165, 1.54) is 0 Å². The standard InChI is InChI=1S/C14H19N3O/c1-5-17(4)10-16-13-8-12(3)14(9-11(13)2)18-7-6-15/h8-10H,5,7H2,1-4H3. The van der Waals surface area contributed by atoms with E-state index in [1.807, 2.05) is 50.3 Å². The van der Waals surface area contributed by atoms with Crippen molar-refractivity contribution in [1.29, 1.82) is 5.26 Å². The van der Waals surface area contributed by atoms with Crippen LogP contribution in [0.25, 0.3) is 0 Å². The summed E-state index contributed by atoms with van der Waals surface area (Å²) in [5, 5.41) is 8.51. The monoisotopic (exact) mass is 245 g/mol. The molecule has 4 heteroatoms. The minimum atomic E-state index is 0.0709. The van der Waals surface area contributed by atoms with Crippen LogP contribution in [-0.4, -0.2) is 31.4 Å². The average molecular weight is 245 g/mol. The van der Waals surface area contributed by atoms with E-state index in [0.717, 1.165) is 29.1 Å². The third-order valence-corrected chi connectivity index (χ3v) is 2.68. The van der Waals surface area contributed by atoms with E-state index < -0.39 is 0 Å². The summed E-state index contributed by atoms with van der Waals surface area (Å²) in [6, 6.07) is 5.86. The van der Waals surface area contributed by atoms with Gasteiger partial charge < -0.3 is 9.64 Å². The van der Waals surface area contributed by atoms with E-state index in [1.54, 1.807) is 0 Å². The molecule has 0 aliphatic rings. The van der Waals surface area contributed by atoms with Gasteiger partial charge in [0, 0.05) is 13.6 Å². The molecular formula is C14H19N3O. The lowest BCUT2D eigenvalue weighted by atomic mass is 10.1. The van der Waals surface area contributed by atoms with Crippen molar-refractivity contribution in [3.8, 4) is 11.8 Å². The third kappa shape index (κ3) is 3.77. The molecule has 0 bridgehead atoms.